The number of rotatable bonds is 6. The highest BCUT2D eigenvalue weighted by atomic mass is 16.5. The van der Waals surface area contributed by atoms with E-state index >= 15 is 0 Å². The Labute approximate surface area is 105 Å². The van der Waals surface area contributed by atoms with E-state index in [4.69, 9.17) is 4.74 Å². The molecule has 2 saturated heterocycles. The summed E-state index contributed by atoms with van der Waals surface area (Å²) >= 11 is 0. The van der Waals surface area contributed by atoms with Gasteiger partial charge in [0.05, 0.1) is 6.10 Å². The summed E-state index contributed by atoms with van der Waals surface area (Å²) in [5.41, 5.74) is 0. The second kappa shape index (κ2) is 5.68. The van der Waals surface area contributed by atoms with Crippen molar-refractivity contribution in [2.24, 2.45) is 5.92 Å². The van der Waals surface area contributed by atoms with Crippen LogP contribution in [0.15, 0.2) is 0 Å². The van der Waals surface area contributed by atoms with Gasteiger partial charge in [0.1, 0.15) is 0 Å². The highest BCUT2D eigenvalue weighted by molar-refractivity contribution is 4.89. The topological polar surface area (TPSA) is 24.5 Å². The number of likely N-dealkylation sites (tertiary alicyclic amines) is 1. The van der Waals surface area contributed by atoms with Crippen LogP contribution >= 0.6 is 0 Å². The minimum atomic E-state index is 0.550. The van der Waals surface area contributed by atoms with E-state index in [1.807, 2.05) is 0 Å². The van der Waals surface area contributed by atoms with E-state index in [1.54, 1.807) is 0 Å². The zero-order valence-electron chi connectivity index (χ0n) is 10.9. The molecule has 0 spiro atoms. The van der Waals surface area contributed by atoms with Crippen LogP contribution in [0, 0.1) is 5.92 Å². The number of ether oxygens (including phenoxy) is 1. The van der Waals surface area contributed by atoms with Crippen molar-refractivity contribution in [1.29, 1.82) is 0 Å². The first-order valence-corrected chi connectivity index (χ1v) is 7.48. The van der Waals surface area contributed by atoms with Gasteiger partial charge < -0.3 is 15.0 Å². The molecule has 0 aromatic carbocycles. The molecule has 0 radical (unpaired) electrons. The van der Waals surface area contributed by atoms with E-state index in [-0.39, 0.29) is 0 Å². The van der Waals surface area contributed by atoms with Crippen LogP contribution in [0.1, 0.15) is 38.5 Å². The Morgan fingerprint density at radius 2 is 2.12 bits per heavy atom. The summed E-state index contributed by atoms with van der Waals surface area (Å²) in [5.74, 6) is 0.903. The average Bonchev–Trinajstić information content (AvgIpc) is 2.89. The Morgan fingerprint density at radius 3 is 2.88 bits per heavy atom. The molecule has 3 nitrogen and oxygen atoms in total. The molecule has 2 unspecified atom stereocenters. The summed E-state index contributed by atoms with van der Waals surface area (Å²) in [6, 6.07) is 0.965. The van der Waals surface area contributed by atoms with Gasteiger partial charge in [-0.25, -0.2) is 0 Å². The van der Waals surface area contributed by atoms with E-state index in [0.29, 0.717) is 6.10 Å². The minimum absolute atomic E-state index is 0.550. The molecule has 0 aromatic heterocycles. The molecule has 2 atom stereocenters. The lowest BCUT2D eigenvalue weighted by molar-refractivity contribution is 0.104. The van der Waals surface area contributed by atoms with Crippen molar-refractivity contribution < 1.29 is 4.74 Å². The standard InChI is InChI=1S/C14H26N2O/c1-2-14(17-9-1)5-7-15-10-12-6-8-16(11-12)13-3-4-13/h12-15H,1-11H2. The van der Waals surface area contributed by atoms with Crippen LogP contribution in [-0.2, 0) is 4.74 Å². The quantitative estimate of drug-likeness (QED) is 0.712. The van der Waals surface area contributed by atoms with Crippen LogP contribution in [0.3, 0.4) is 0 Å². The van der Waals surface area contributed by atoms with Crippen molar-refractivity contribution in [1.82, 2.24) is 10.2 Å². The lowest BCUT2D eigenvalue weighted by Crippen LogP contribution is -2.29. The molecule has 1 N–H and O–H groups in total. The molecule has 0 aromatic rings. The first-order chi connectivity index (χ1) is 8.42. The summed E-state index contributed by atoms with van der Waals surface area (Å²) in [7, 11) is 0. The predicted molar refractivity (Wildman–Crippen MR) is 69.2 cm³/mol. The normalized spacial score (nSPS) is 34.6. The van der Waals surface area contributed by atoms with Crippen LogP contribution in [0.4, 0.5) is 0 Å². The van der Waals surface area contributed by atoms with E-state index < -0.39 is 0 Å². The Morgan fingerprint density at radius 1 is 1.18 bits per heavy atom. The van der Waals surface area contributed by atoms with Gasteiger partial charge in [0.15, 0.2) is 0 Å². The van der Waals surface area contributed by atoms with Crippen molar-refractivity contribution in [3.05, 3.63) is 0 Å². The second-order valence-electron chi connectivity index (χ2n) is 6.01. The maximum atomic E-state index is 5.63. The first-order valence-electron chi connectivity index (χ1n) is 7.48. The molecule has 0 bridgehead atoms. The first kappa shape index (κ1) is 11.9. The Kier molecular flexibility index (Phi) is 3.99. The summed E-state index contributed by atoms with van der Waals surface area (Å²) in [4.78, 5) is 2.70. The molecule has 17 heavy (non-hydrogen) atoms. The van der Waals surface area contributed by atoms with E-state index in [0.717, 1.165) is 25.1 Å². The Balaban J connectivity index is 1.24. The molecule has 98 valence electrons. The third kappa shape index (κ3) is 3.43. The van der Waals surface area contributed by atoms with Crippen LogP contribution in [0.25, 0.3) is 0 Å². The zero-order chi connectivity index (χ0) is 11.5. The van der Waals surface area contributed by atoms with Gasteiger partial charge in [0, 0.05) is 19.2 Å². The molecule has 1 saturated carbocycles. The third-order valence-corrected chi connectivity index (χ3v) is 4.48. The minimum Gasteiger partial charge on any atom is -0.378 e. The van der Waals surface area contributed by atoms with E-state index in [1.165, 1.54) is 58.2 Å². The fourth-order valence-corrected chi connectivity index (χ4v) is 3.24. The number of hydrogen-bond donors (Lipinski definition) is 1. The van der Waals surface area contributed by atoms with Crippen LogP contribution < -0.4 is 5.32 Å². The number of nitrogens with one attached hydrogen (secondary N) is 1. The Bertz CT molecular complexity index is 236. The highest BCUT2D eigenvalue weighted by Gasteiger charge is 2.33. The maximum Gasteiger partial charge on any atom is 0.0588 e. The molecule has 2 aliphatic heterocycles. The molecule has 0 amide bonds. The van der Waals surface area contributed by atoms with Gasteiger partial charge >= 0.3 is 0 Å². The molecular formula is C14H26N2O. The van der Waals surface area contributed by atoms with Gasteiger partial charge in [-0.3, -0.25) is 0 Å². The van der Waals surface area contributed by atoms with Gasteiger partial charge in [-0.15, -0.1) is 0 Å². The number of nitrogens with zero attached hydrogens (tertiary/aromatic N) is 1. The van der Waals surface area contributed by atoms with Crippen molar-refractivity contribution in [3.8, 4) is 0 Å². The van der Waals surface area contributed by atoms with Gasteiger partial charge in [-0.1, -0.05) is 0 Å². The molecule has 1 aliphatic carbocycles. The van der Waals surface area contributed by atoms with Crippen molar-refractivity contribution in [2.45, 2.75) is 50.7 Å². The van der Waals surface area contributed by atoms with Gasteiger partial charge in [0.2, 0.25) is 0 Å². The van der Waals surface area contributed by atoms with E-state index in [2.05, 4.69) is 10.2 Å². The SMILES string of the molecule is C1COC(CCNCC2CCN(C3CC3)C2)C1. The van der Waals surface area contributed by atoms with Crippen LogP contribution in [-0.4, -0.2) is 49.8 Å². The fourth-order valence-electron chi connectivity index (χ4n) is 3.24. The molecule has 3 fully saturated rings. The molecule has 3 rings (SSSR count). The smallest absolute Gasteiger partial charge is 0.0588 e. The van der Waals surface area contributed by atoms with Crippen molar-refractivity contribution >= 4 is 0 Å². The highest BCUT2D eigenvalue weighted by Crippen LogP contribution is 2.31. The molecule has 3 aliphatic rings. The summed E-state index contributed by atoms with van der Waals surface area (Å²) in [6.45, 7) is 6.05. The van der Waals surface area contributed by atoms with E-state index in [9.17, 15) is 0 Å². The molecule has 3 heteroatoms. The summed E-state index contributed by atoms with van der Waals surface area (Å²) < 4.78 is 5.63. The predicted octanol–water partition coefficient (Wildman–Crippen LogP) is 1.63. The van der Waals surface area contributed by atoms with Gasteiger partial charge in [-0.05, 0) is 64.1 Å². The fraction of sp³-hybridized carbons (Fsp3) is 1.00. The molecule has 2 heterocycles. The molecular weight excluding hydrogens is 212 g/mol. The lowest BCUT2D eigenvalue weighted by Gasteiger charge is -2.15. The Hall–Kier alpha value is -0.120. The maximum absolute atomic E-state index is 5.63. The number of hydrogen-bond acceptors (Lipinski definition) is 3. The van der Waals surface area contributed by atoms with Crippen molar-refractivity contribution in [2.75, 3.05) is 32.8 Å². The van der Waals surface area contributed by atoms with Crippen molar-refractivity contribution in [3.63, 3.8) is 0 Å². The van der Waals surface area contributed by atoms with Crippen LogP contribution in [0.5, 0.6) is 0 Å². The van der Waals surface area contributed by atoms with Crippen LogP contribution in [0.2, 0.25) is 0 Å². The lowest BCUT2D eigenvalue weighted by atomic mass is 10.1. The summed E-state index contributed by atoms with van der Waals surface area (Å²) in [5, 5.41) is 3.63. The zero-order valence-corrected chi connectivity index (χ0v) is 10.9. The van der Waals surface area contributed by atoms with Gasteiger partial charge in [0.25, 0.3) is 0 Å². The average molecular weight is 238 g/mol. The van der Waals surface area contributed by atoms with Gasteiger partial charge in [-0.2, -0.15) is 0 Å². The monoisotopic (exact) mass is 238 g/mol. The summed E-state index contributed by atoms with van der Waals surface area (Å²) in [6.07, 6.45) is 8.62. The third-order valence-electron chi connectivity index (χ3n) is 4.48. The largest absolute Gasteiger partial charge is 0.378 e. The second-order valence-corrected chi connectivity index (χ2v) is 6.01.